The number of rotatable bonds is 2. The first-order valence-corrected chi connectivity index (χ1v) is 4.84. The topological polar surface area (TPSA) is 17.1 Å². The summed E-state index contributed by atoms with van der Waals surface area (Å²) in [7, 11) is 0. The van der Waals surface area contributed by atoms with Crippen molar-refractivity contribution in [3.63, 3.8) is 0 Å². The van der Waals surface area contributed by atoms with Gasteiger partial charge in [0.15, 0.2) is 5.78 Å². The number of carbonyl (C=O) groups excluding carboxylic acids is 1. The van der Waals surface area contributed by atoms with Crippen LogP contribution in [0, 0.1) is 5.82 Å². The van der Waals surface area contributed by atoms with E-state index in [4.69, 9.17) is 23.2 Å². The Balaban J connectivity index is 3.51. The summed E-state index contributed by atoms with van der Waals surface area (Å²) in [6.07, 6.45) is -4.86. The van der Waals surface area contributed by atoms with Gasteiger partial charge in [-0.05, 0) is 12.1 Å². The molecular formula is C9H4Cl2F4O. The van der Waals surface area contributed by atoms with Gasteiger partial charge in [-0.2, -0.15) is 13.2 Å². The number of halogens is 6. The molecule has 0 heterocycles. The van der Waals surface area contributed by atoms with Crippen LogP contribution in [0.5, 0.6) is 0 Å². The molecule has 1 nitrogen and oxygen atoms in total. The number of benzene rings is 1. The Kier molecular flexibility index (Phi) is 3.80. The smallest absolute Gasteiger partial charge is 0.293 e. The SMILES string of the molecule is O=C(CCl)c1c(Cl)cc(F)cc1C(F)(F)F. The molecule has 0 amide bonds. The lowest BCUT2D eigenvalue weighted by atomic mass is 10.0. The van der Waals surface area contributed by atoms with E-state index in [1.807, 2.05) is 0 Å². The highest BCUT2D eigenvalue weighted by Gasteiger charge is 2.36. The first kappa shape index (κ1) is 13.3. The number of hydrogen-bond donors (Lipinski definition) is 0. The Morgan fingerprint density at radius 1 is 1.31 bits per heavy atom. The molecule has 0 bridgehead atoms. The number of Topliss-reactive ketones (excluding diaryl/α,β-unsaturated/α-hetero) is 1. The maximum Gasteiger partial charge on any atom is 0.417 e. The van der Waals surface area contributed by atoms with E-state index < -0.39 is 39.8 Å². The molecule has 0 N–H and O–H groups in total. The van der Waals surface area contributed by atoms with Crippen molar-refractivity contribution in [2.24, 2.45) is 0 Å². The highest BCUT2D eigenvalue weighted by atomic mass is 35.5. The van der Waals surface area contributed by atoms with Crippen molar-refractivity contribution in [3.05, 3.63) is 34.1 Å². The number of hydrogen-bond acceptors (Lipinski definition) is 1. The Morgan fingerprint density at radius 3 is 2.31 bits per heavy atom. The fourth-order valence-electron chi connectivity index (χ4n) is 1.15. The second-order valence-electron chi connectivity index (χ2n) is 2.86. The fourth-order valence-corrected chi connectivity index (χ4v) is 1.59. The third kappa shape index (κ3) is 2.65. The number of carbonyl (C=O) groups is 1. The van der Waals surface area contributed by atoms with E-state index in [1.165, 1.54) is 0 Å². The summed E-state index contributed by atoms with van der Waals surface area (Å²) in [6.45, 7) is 0. The van der Waals surface area contributed by atoms with Gasteiger partial charge < -0.3 is 0 Å². The zero-order valence-electron chi connectivity index (χ0n) is 7.54. The molecule has 0 aliphatic rings. The van der Waals surface area contributed by atoms with Gasteiger partial charge in [-0.1, -0.05) is 11.6 Å². The molecule has 0 aliphatic carbocycles. The van der Waals surface area contributed by atoms with Gasteiger partial charge in [0.2, 0.25) is 0 Å². The van der Waals surface area contributed by atoms with Crippen LogP contribution in [0.25, 0.3) is 0 Å². The Hall–Kier alpha value is -0.810. The molecule has 1 rings (SSSR count). The molecule has 0 aromatic heterocycles. The fraction of sp³-hybridized carbons (Fsp3) is 0.222. The molecule has 0 spiro atoms. The molecule has 0 saturated heterocycles. The van der Waals surface area contributed by atoms with Crippen LogP contribution < -0.4 is 0 Å². The predicted octanol–water partition coefficient (Wildman–Crippen LogP) is 3.92. The molecule has 1 aromatic carbocycles. The van der Waals surface area contributed by atoms with Crippen LogP contribution in [-0.2, 0) is 6.18 Å². The third-order valence-electron chi connectivity index (χ3n) is 1.76. The van der Waals surface area contributed by atoms with Crippen LogP contribution in [0.3, 0.4) is 0 Å². The molecule has 0 radical (unpaired) electrons. The van der Waals surface area contributed by atoms with Crippen molar-refractivity contribution >= 4 is 29.0 Å². The quantitative estimate of drug-likeness (QED) is 0.454. The molecule has 0 fully saturated rings. The van der Waals surface area contributed by atoms with Crippen molar-refractivity contribution in [1.29, 1.82) is 0 Å². The zero-order valence-corrected chi connectivity index (χ0v) is 9.05. The summed E-state index contributed by atoms with van der Waals surface area (Å²) in [5.74, 6) is -2.82. The molecule has 88 valence electrons. The molecule has 0 unspecified atom stereocenters. The van der Waals surface area contributed by atoms with E-state index in [9.17, 15) is 22.4 Å². The summed E-state index contributed by atoms with van der Waals surface area (Å²) < 4.78 is 50.2. The van der Waals surface area contributed by atoms with Crippen LogP contribution in [0.2, 0.25) is 5.02 Å². The third-order valence-corrected chi connectivity index (χ3v) is 2.30. The van der Waals surface area contributed by atoms with Crippen LogP contribution in [-0.4, -0.2) is 11.7 Å². The zero-order chi connectivity index (χ0) is 12.5. The summed E-state index contributed by atoms with van der Waals surface area (Å²) in [5, 5.41) is -0.599. The Bertz CT molecular complexity index is 428. The summed E-state index contributed by atoms with van der Waals surface area (Å²) in [4.78, 5) is 11.2. The van der Waals surface area contributed by atoms with Crippen LogP contribution in [0.15, 0.2) is 12.1 Å². The van der Waals surface area contributed by atoms with Crippen molar-refractivity contribution in [1.82, 2.24) is 0 Å². The van der Waals surface area contributed by atoms with E-state index in [-0.39, 0.29) is 6.07 Å². The number of ketones is 1. The maximum atomic E-state index is 12.8. The highest BCUT2D eigenvalue weighted by molar-refractivity contribution is 6.37. The van der Waals surface area contributed by atoms with E-state index in [0.29, 0.717) is 6.07 Å². The van der Waals surface area contributed by atoms with Gasteiger partial charge in [0.05, 0.1) is 16.5 Å². The van der Waals surface area contributed by atoms with Gasteiger partial charge in [-0.15, -0.1) is 11.6 Å². The standard InChI is InChI=1S/C9H4Cl2F4O/c10-3-7(16)8-5(9(13,14)15)1-4(12)2-6(8)11/h1-2H,3H2. The van der Waals surface area contributed by atoms with Gasteiger partial charge in [0.25, 0.3) is 0 Å². The second kappa shape index (κ2) is 4.59. The first-order chi connectivity index (χ1) is 7.27. The molecule has 0 atom stereocenters. The van der Waals surface area contributed by atoms with Crippen LogP contribution in [0.4, 0.5) is 17.6 Å². The molecule has 0 saturated carbocycles. The lowest BCUT2D eigenvalue weighted by molar-refractivity contribution is -0.138. The van der Waals surface area contributed by atoms with Crippen molar-refractivity contribution in [3.8, 4) is 0 Å². The predicted molar refractivity (Wildman–Crippen MR) is 51.5 cm³/mol. The minimum absolute atomic E-state index is 0.214. The molecule has 1 aromatic rings. The second-order valence-corrected chi connectivity index (χ2v) is 3.54. The van der Waals surface area contributed by atoms with E-state index >= 15 is 0 Å². The lowest BCUT2D eigenvalue weighted by Crippen LogP contribution is -2.15. The average Bonchev–Trinajstić information content (AvgIpc) is 2.14. The van der Waals surface area contributed by atoms with E-state index in [0.717, 1.165) is 0 Å². The summed E-state index contributed by atoms with van der Waals surface area (Å²) in [5.41, 5.74) is -2.21. The Labute approximate surface area is 98.0 Å². The summed E-state index contributed by atoms with van der Waals surface area (Å²) >= 11 is 10.5. The highest BCUT2D eigenvalue weighted by Crippen LogP contribution is 2.36. The van der Waals surface area contributed by atoms with Gasteiger partial charge in [-0.3, -0.25) is 4.79 Å². The first-order valence-electron chi connectivity index (χ1n) is 3.92. The molecule has 0 aliphatic heterocycles. The molecule has 16 heavy (non-hydrogen) atoms. The Morgan fingerprint density at radius 2 is 1.88 bits per heavy atom. The van der Waals surface area contributed by atoms with Crippen LogP contribution >= 0.6 is 23.2 Å². The number of alkyl halides is 4. The maximum absolute atomic E-state index is 12.8. The molecular weight excluding hydrogens is 271 g/mol. The average molecular weight is 275 g/mol. The largest absolute Gasteiger partial charge is 0.417 e. The lowest BCUT2D eigenvalue weighted by Gasteiger charge is -2.12. The minimum atomic E-state index is -4.86. The van der Waals surface area contributed by atoms with E-state index in [1.54, 1.807) is 0 Å². The van der Waals surface area contributed by atoms with Crippen molar-refractivity contribution in [2.75, 3.05) is 5.88 Å². The molecule has 7 heteroatoms. The normalized spacial score (nSPS) is 11.6. The van der Waals surface area contributed by atoms with Gasteiger partial charge >= 0.3 is 6.18 Å². The van der Waals surface area contributed by atoms with Gasteiger partial charge in [0.1, 0.15) is 5.82 Å². The van der Waals surface area contributed by atoms with Gasteiger partial charge in [-0.25, -0.2) is 4.39 Å². The monoisotopic (exact) mass is 274 g/mol. The van der Waals surface area contributed by atoms with Crippen molar-refractivity contribution in [2.45, 2.75) is 6.18 Å². The van der Waals surface area contributed by atoms with Crippen LogP contribution in [0.1, 0.15) is 15.9 Å². The summed E-state index contributed by atoms with van der Waals surface area (Å²) in [6, 6.07) is 0.849. The minimum Gasteiger partial charge on any atom is -0.293 e. The van der Waals surface area contributed by atoms with E-state index in [2.05, 4.69) is 0 Å². The van der Waals surface area contributed by atoms with Gasteiger partial charge in [0, 0.05) is 5.56 Å². The van der Waals surface area contributed by atoms with Crippen molar-refractivity contribution < 1.29 is 22.4 Å².